The van der Waals surface area contributed by atoms with Crippen LogP contribution < -0.4 is 5.32 Å². The zero-order chi connectivity index (χ0) is 18.7. The molecule has 0 heterocycles. The Bertz CT molecular complexity index is 807. The van der Waals surface area contributed by atoms with Gasteiger partial charge in [-0.25, -0.2) is 0 Å². The number of benzene rings is 2. The molecular formula is C19H22N2O3S. The van der Waals surface area contributed by atoms with E-state index < -0.39 is 4.92 Å². The summed E-state index contributed by atoms with van der Waals surface area (Å²) >= 11 is 1.48. The van der Waals surface area contributed by atoms with Gasteiger partial charge in [0.05, 0.1) is 10.2 Å². The molecule has 132 valence electrons. The number of rotatable bonds is 5. The fourth-order valence-corrected chi connectivity index (χ4v) is 3.76. The number of carbonyl (C=O) groups is 1. The summed E-state index contributed by atoms with van der Waals surface area (Å²) < 4.78 is 0. The Morgan fingerprint density at radius 2 is 1.68 bits per heavy atom. The number of thioether (sulfide) groups is 1. The molecule has 0 fully saturated rings. The van der Waals surface area contributed by atoms with E-state index in [1.54, 1.807) is 18.2 Å². The van der Waals surface area contributed by atoms with Crippen molar-refractivity contribution in [3.05, 3.63) is 62.7 Å². The molecule has 0 bridgehead atoms. The molecule has 0 aliphatic heterocycles. The molecule has 0 spiro atoms. The summed E-state index contributed by atoms with van der Waals surface area (Å²) in [5.41, 5.74) is 4.83. The molecule has 2 aromatic carbocycles. The Morgan fingerprint density at radius 1 is 1.12 bits per heavy atom. The molecule has 0 aliphatic rings. The molecule has 0 saturated carbocycles. The molecule has 6 heteroatoms. The van der Waals surface area contributed by atoms with Crippen molar-refractivity contribution in [2.75, 3.05) is 5.32 Å². The average Bonchev–Trinajstić information content (AvgIpc) is 2.57. The Hall–Kier alpha value is -2.34. The second kappa shape index (κ2) is 7.70. The quantitative estimate of drug-likeness (QED) is 0.466. The molecule has 0 aromatic heterocycles. The fraction of sp³-hybridized carbons (Fsp3) is 0.316. The van der Waals surface area contributed by atoms with Crippen molar-refractivity contribution in [1.82, 2.24) is 0 Å². The molecule has 0 saturated heterocycles. The number of anilines is 1. The van der Waals surface area contributed by atoms with E-state index >= 15 is 0 Å². The van der Waals surface area contributed by atoms with Crippen LogP contribution in [-0.4, -0.2) is 16.1 Å². The van der Waals surface area contributed by atoms with Crippen LogP contribution in [0, 0.1) is 37.8 Å². The van der Waals surface area contributed by atoms with E-state index in [2.05, 4.69) is 39.1 Å². The van der Waals surface area contributed by atoms with Crippen molar-refractivity contribution in [2.24, 2.45) is 0 Å². The first-order valence-electron chi connectivity index (χ1n) is 8.00. The van der Waals surface area contributed by atoms with Crippen LogP contribution in [0.15, 0.2) is 35.2 Å². The zero-order valence-corrected chi connectivity index (χ0v) is 15.9. The van der Waals surface area contributed by atoms with Gasteiger partial charge in [0.2, 0.25) is 5.91 Å². The van der Waals surface area contributed by atoms with E-state index in [1.807, 2.05) is 6.92 Å². The first-order valence-corrected chi connectivity index (χ1v) is 8.88. The van der Waals surface area contributed by atoms with Crippen molar-refractivity contribution in [3.63, 3.8) is 0 Å². The maximum absolute atomic E-state index is 12.5. The van der Waals surface area contributed by atoms with Gasteiger partial charge >= 0.3 is 0 Å². The van der Waals surface area contributed by atoms with E-state index in [4.69, 9.17) is 0 Å². The first kappa shape index (κ1) is 19.0. The van der Waals surface area contributed by atoms with Crippen LogP contribution in [0.2, 0.25) is 0 Å². The highest BCUT2D eigenvalue weighted by Gasteiger charge is 2.21. The third-order valence-corrected chi connectivity index (χ3v) is 5.74. The van der Waals surface area contributed by atoms with Crippen molar-refractivity contribution in [2.45, 2.75) is 44.8 Å². The van der Waals surface area contributed by atoms with Crippen molar-refractivity contribution in [1.29, 1.82) is 0 Å². The SMILES string of the molecule is Cc1cc(C)c(C)c(S[C@H](C)C(=O)Nc2ccccc2[N+](=O)[O-])c1C. The number of aryl methyl sites for hydroxylation is 2. The van der Waals surface area contributed by atoms with Crippen LogP contribution >= 0.6 is 11.8 Å². The minimum absolute atomic E-state index is 0.105. The van der Waals surface area contributed by atoms with E-state index in [-0.39, 0.29) is 22.5 Å². The Kier molecular flexibility index (Phi) is 5.85. The molecular weight excluding hydrogens is 336 g/mol. The van der Waals surface area contributed by atoms with Gasteiger partial charge in [0, 0.05) is 11.0 Å². The molecule has 2 aromatic rings. The average molecular weight is 358 g/mol. The molecule has 2 rings (SSSR count). The van der Waals surface area contributed by atoms with Gasteiger partial charge in [0.25, 0.3) is 5.69 Å². The molecule has 1 N–H and O–H groups in total. The summed E-state index contributed by atoms with van der Waals surface area (Å²) in [6.45, 7) is 10.0. The number of para-hydroxylation sites is 2. The summed E-state index contributed by atoms with van der Waals surface area (Å²) in [6.07, 6.45) is 0. The van der Waals surface area contributed by atoms with Crippen LogP contribution in [0.3, 0.4) is 0 Å². The number of nitro benzene ring substituents is 1. The maximum Gasteiger partial charge on any atom is 0.292 e. The third-order valence-electron chi connectivity index (χ3n) is 4.32. The number of nitrogens with one attached hydrogen (secondary N) is 1. The highest BCUT2D eigenvalue weighted by molar-refractivity contribution is 8.00. The van der Waals surface area contributed by atoms with Crippen LogP contribution in [0.25, 0.3) is 0 Å². The lowest BCUT2D eigenvalue weighted by Gasteiger charge is -2.18. The fourth-order valence-electron chi connectivity index (χ4n) is 2.56. The lowest BCUT2D eigenvalue weighted by molar-refractivity contribution is -0.383. The van der Waals surface area contributed by atoms with E-state index in [0.717, 1.165) is 4.90 Å². The smallest absolute Gasteiger partial charge is 0.292 e. The number of nitro groups is 1. The topological polar surface area (TPSA) is 72.2 Å². The van der Waals surface area contributed by atoms with Crippen molar-refractivity contribution in [3.8, 4) is 0 Å². The van der Waals surface area contributed by atoms with Gasteiger partial charge in [-0.1, -0.05) is 18.2 Å². The number of amides is 1. The molecule has 0 radical (unpaired) electrons. The van der Waals surface area contributed by atoms with Gasteiger partial charge in [0.15, 0.2) is 0 Å². The van der Waals surface area contributed by atoms with Gasteiger partial charge < -0.3 is 5.32 Å². The largest absolute Gasteiger partial charge is 0.319 e. The number of hydrogen-bond acceptors (Lipinski definition) is 4. The van der Waals surface area contributed by atoms with E-state index in [1.165, 1.54) is 40.1 Å². The Morgan fingerprint density at radius 3 is 2.24 bits per heavy atom. The second-order valence-corrected chi connectivity index (χ2v) is 7.46. The zero-order valence-electron chi connectivity index (χ0n) is 15.0. The van der Waals surface area contributed by atoms with Gasteiger partial charge in [-0.05, 0) is 62.9 Å². The van der Waals surface area contributed by atoms with Crippen molar-refractivity contribution < 1.29 is 9.72 Å². The van der Waals surface area contributed by atoms with Crippen LogP contribution in [-0.2, 0) is 4.79 Å². The highest BCUT2D eigenvalue weighted by Crippen LogP contribution is 2.34. The van der Waals surface area contributed by atoms with Gasteiger partial charge in [0.1, 0.15) is 5.69 Å². The van der Waals surface area contributed by atoms with Gasteiger partial charge in [-0.15, -0.1) is 11.8 Å². The van der Waals surface area contributed by atoms with E-state index in [0.29, 0.717) is 0 Å². The lowest BCUT2D eigenvalue weighted by atomic mass is 10.0. The Labute approximate surface area is 152 Å². The minimum atomic E-state index is -0.494. The minimum Gasteiger partial charge on any atom is -0.319 e. The summed E-state index contributed by atoms with van der Waals surface area (Å²) in [7, 11) is 0. The second-order valence-electron chi connectivity index (χ2n) is 6.11. The Balaban J connectivity index is 2.22. The first-order chi connectivity index (χ1) is 11.7. The normalized spacial score (nSPS) is 11.9. The maximum atomic E-state index is 12.5. The molecule has 5 nitrogen and oxygen atoms in total. The highest BCUT2D eigenvalue weighted by atomic mass is 32.2. The summed E-state index contributed by atoms with van der Waals surface area (Å²) in [4.78, 5) is 24.2. The monoisotopic (exact) mass is 358 g/mol. The van der Waals surface area contributed by atoms with Crippen molar-refractivity contribution >= 4 is 29.0 Å². The molecule has 1 amide bonds. The van der Waals surface area contributed by atoms with Crippen LogP contribution in [0.4, 0.5) is 11.4 Å². The predicted molar refractivity (Wildman–Crippen MR) is 102 cm³/mol. The number of hydrogen-bond donors (Lipinski definition) is 1. The number of carbonyl (C=O) groups excluding carboxylic acids is 1. The predicted octanol–water partition coefficient (Wildman–Crippen LogP) is 4.95. The standard InChI is InChI=1S/C19H22N2O3S/c1-11-10-12(2)14(4)18(13(11)3)25-15(5)19(22)20-16-8-6-7-9-17(16)21(23)24/h6-10,15H,1-5H3,(H,20,22)/t15-/m1/s1. The van der Waals surface area contributed by atoms with Crippen LogP contribution in [0.5, 0.6) is 0 Å². The molecule has 25 heavy (non-hydrogen) atoms. The molecule has 1 atom stereocenters. The summed E-state index contributed by atoms with van der Waals surface area (Å²) in [5.74, 6) is -0.253. The van der Waals surface area contributed by atoms with Gasteiger partial charge in [-0.2, -0.15) is 0 Å². The number of nitrogens with zero attached hydrogens (tertiary/aromatic N) is 1. The molecule has 0 unspecified atom stereocenters. The summed E-state index contributed by atoms with van der Waals surface area (Å²) in [5, 5.41) is 13.4. The van der Waals surface area contributed by atoms with E-state index in [9.17, 15) is 14.9 Å². The third kappa shape index (κ3) is 4.20. The summed E-state index contributed by atoms with van der Waals surface area (Å²) in [6, 6.07) is 8.31. The van der Waals surface area contributed by atoms with Crippen LogP contribution in [0.1, 0.15) is 29.2 Å². The lowest BCUT2D eigenvalue weighted by Crippen LogP contribution is -2.23. The van der Waals surface area contributed by atoms with Gasteiger partial charge in [-0.3, -0.25) is 14.9 Å². The molecule has 0 aliphatic carbocycles.